The van der Waals surface area contributed by atoms with Crippen LogP contribution in [0.4, 0.5) is 11.4 Å². The van der Waals surface area contributed by atoms with Gasteiger partial charge in [0, 0.05) is 14.1 Å². The van der Waals surface area contributed by atoms with Crippen LogP contribution in [0.25, 0.3) is 0 Å². The molecular formula is C12H17N3O3. The van der Waals surface area contributed by atoms with Gasteiger partial charge in [0.15, 0.2) is 0 Å². The molecule has 0 radical (unpaired) electrons. The number of benzene rings is 1. The number of hydrogen-bond donors (Lipinski definition) is 2. The molecule has 0 heterocycles. The number of ether oxygens (including phenoxy) is 1. The Labute approximate surface area is 106 Å². The summed E-state index contributed by atoms with van der Waals surface area (Å²) in [7, 11) is 4.63. The van der Waals surface area contributed by atoms with Gasteiger partial charge in [0.2, 0.25) is 5.91 Å². The van der Waals surface area contributed by atoms with E-state index >= 15 is 0 Å². The van der Waals surface area contributed by atoms with Gasteiger partial charge in [0.25, 0.3) is 0 Å². The van der Waals surface area contributed by atoms with E-state index in [0.717, 1.165) is 0 Å². The van der Waals surface area contributed by atoms with Crippen LogP contribution in [-0.2, 0) is 9.53 Å². The van der Waals surface area contributed by atoms with E-state index in [9.17, 15) is 9.59 Å². The maximum Gasteiger partial charge on any atom is 0.337 e. The first-order chi connectivity index (χ1) is 8.49. The summed E-state index contributed by atoms with van der Waals surface area (Å²) in [4.78, 5) is 24.3. The van der Waals surface area contributed by atoms with Crippen molar-refractivity contribution in [2.24, 2.45) is 0 Å². The first kappa shape index (κ1) is 13.8. The number of esters is 1. The number of nitrogens with zero attached hydrogens (tertiary/aromatic N) is 1. The molecule has 0 saturated heterocycles. The van der Waals surface area contributed by atoms with Crippen molar-refractivity contribution < 1.29 is 14.3 Å². The fourth-order valence-corrected chi connectivity index (χ4v) is 1.53. The third kappa shape index (κ3) is 3.13. The molecule has 6 heteroatoms. The summed E-state index contributed by atoms with van der Waals surface area (Å²) in [5, 5.41) is 2.53. The number of nitrogens with one attached hydrogen (secondary N) is 1. The van der Waals surface area contributed by atoms with Gasteiger partial charge in [-0.2, -0.15) is 0 Å². The molecule has 0 aliphatic heterocycles. The van der Waals surface area contributed by atoms with Gasteiger partial charge >= 0.3 is 5.97 Å². The highest BCUT2D eigenvalue weighted by Crippen LogP contribution is 2.23. The fraction of sp³-hybridized carbons (Fsp3) is 0.333. The summed E-state index contributed by atoms with van der Waals surface area (Å²) in [5.41, 5.74) is 7.34. The second-order valence-corrected chi connectivity index (χ2v) is 3.79. The number of anilines is 2. The third-order valence-corrected chi connectivity index (χ3v) is 2.52. The number of rotatable bonds is 4. The fourth-order valence-electron chi connectivity index (χ4n) is 1.53. The van der Waals surface area contributed by atoms with Crippen LogP contribution in [0.1, 0.15) is 10.4 Å². The topological polar surface area (TPSA) is 84.7 Å². The molecular weight excluding hydrogens is 234 g/mol. The van der Waals surface area contributed by atoms with Gasteiger partial charge in [-0.05, 0) is 18.2 Å². The van der Waals surface area contributed by atoms with E-state index in [1.54, 1.807) is 31.1 Å². The number of nitrogen functional groups attached to an aromatic ring is 1. The second kappa shape index (κ2) is 5.90. The van der Waals surface area contributed by atoms with Gasteiger partial charge in [-0.15, -0.1) is 0 Å². The van der Waals surface area contributed by atoms with Crippen molar-refractivity contribution in [1.29, 1.82) is 0 Å². The molecule has 18 heavy (non-hydrogen) atoms. The highest BCUT2D eigenvalue weighted by molar-refractivity contribution is 5.92. The van der Waals surface area contributed by atoms with Crippen molar-refractivity contribution in [3.63, 3.8) is 0 Å². The molecule has 3 N–H and O–H groups in total. The van der Waals surface area contributed by atoms with Crippen LogP contribution in [0.5, 0.6) is 0 Å². The number of nitrogens with two attached hydrogens (primary N) is 1. The second-order valence-electron chi connectivity index (χ2n) is 3.79. The molecule has 1 rings (SSSR count). The van der Waals surface area contributed by atoms with Gasteiger partial charge in [0.05, 0.1) is 30.6 Å². The van der Waals surface area contributed by atoms with Crippen molar-refractivity contribution >= 4 is 23.3 Å². The van der Waals surface area contributed by atoms with Crippen LogP contribution in [0, 0.1) is 0 Å². The molecule has 6 nitrogen and oxygen atoms in total. The maximum absolute atomic E-state index is 11.3. The molecule has 1 aromatic rings. The third-order valence-electron chi connectivity index (χ3n) is 2.52. The Bertz CT molecular complexity index is 460. The van der Waals surface area contributed by atoms with Crippen molar-refractivity contribution in [3.8, 4) is 0 Å². The van der Waals surface area contributed by atoms with Crippen molar-refractivity contribution in [2.75, 3.05) is 38.4 Å². The first-order valence-electron chi connectivity index (χ1n) is 5.39. The molecule has 1 amide bonds. The lowest BCUT2D eigenvalue weighted by molar-refractivity contribution is -0.119. The van der Waals surface area contributed by atoms with E-state index in [0.29, 0.717) is 16.9 Å². The largest absolute Gasteiger partial charge is 0.465 e. The van der Waals surface area contributed by atoms with Gasteiger partial charge in [0.1, 0.15) is 0 Å². The van der Waals surface area contributed by atoms with Crippen molar-refractivity contribution in [2.45, 2.75) is 0 Å². The Morgan fingerprint density at radius 2 is 2.11 bits per heavy atom. The lowest BCUT2D eigenvalue weighted by Gasteiger charge is -2.20. The minimum absolute atomic E-state index is 0.117. The van der Waals surface area contributed by atoms with Gasteiger partial charge in [-0.1, -0.05) is 0 Å². The van der Waals surface area contributed by atoms with Gasteiger partial charge in [-0.25, -0.2) is 4.79 Å². The molecule has 0 aliphatic carbocycles. The van der Waals surface area contributed by atoms with Crippen LogP contribution in [0.2, 0.25) is 0 Å². The van der Waals surface area contributed by atoms with Gasteiger partial charge in [-0.3, -0.25) is 4.79 Å². The molecule has 0 aliphatic rings. The van der Waals surface area contributed by atoms with Crippen LogP contribution in [0.15, 0.2) is 18.2 Å². The monoisotopic (exact) mass is 251 g/mol. The lowest BCUT2D eigenvalue weighted by Crippen LogP contribution is -2.33. The normalized spacial score (nSPS) is 9.72. The van der Waals surface area contributed by atoms with E-state index in [2.05, 4.69) is 10.1 Å². The number of likely N-dealkylation sites (N-methyl/N-ethyl adjacent to an activating group) is 2. The van der Waals surface area contributed by atoms with Crippen molar-refractivity contribution in [3.05, 3.63) is 23.8 Å². The smallest absolute Gasteiger partial charge is 0.337 e. The van der Waals surface area contributed by atoms with Crippen LogP contribution in [-0.4, -0.2) is 39.6 Å². The maximum atomic E-state index is 11.3. The highest BCUT2D eigenvalue weighted by atomic mass is 16.5. The number of hydrogen-bond acceptors (Lipinski definition) is 5. The Morgan fingerprint density at radius 1 is 1.44 bits per heavy atom. The van der Waals surface area contributed by atoms with E-state index < -0.39 is 5.97 Å². The van der Waals surface area contributed by atoms with Crippen molar-refractivity contribution in [1.82, 2.24) is 5.32 Å². The Kier molecular flexibility index (Phi) is 4.53. The highest BCUT2D eigenvalue weighted by Gasteiger charge is 2.12. The van der Waals surface area contributed by atoms with E-state index in [1.807, 2.05) is 0 Å². The standard InChI is InChI=1S/C12H17N3O3/c1-14-11(16)7-15(2)10-5-4-8(6-9(10)13)12(17)18-3/h4-6H,7,13H2,1-3H3,(H,14,16). The van der Waals surface area contributed by atoms with Gasteiger partial charge < -0.3 is 20.7 Å². The zero-order valence-corrected chi connectivity index (χ0v) is 10.7. The predicted molar refractivity (Wildman–Crippen MR) is 69.5 cm³/mol. The molecule has 0 spiro atoms. The number of carbonyl (C=O) groups excluding carboxylic acids is 2. The molecule has 0 unspecified atom stereocenters. The minimum atomic E-state index is -0.442. The average Bonchev–Trinajstić information content (AvgIpc) is 2.37. The molecule has 0 saturated carbocycles. The molecule has 0 aromatic heterocycles. The quantitative estimate of drug-likeness (QED) is 0.591. The van der Waals surface area contributed by atoms with Crippen LogP contribution >= 0.6 is 0 Å². The average molecular weight is 251 g/mol. The summed E-state index contributed by atoms with van der Waals surface area (Å²) in [5.74, 6) is -0.559. The zero-order valence-electron chi connectivity index (χ0n) is 10.7. The number of methoxy groups -OCH3 is 1. The van der Waals surface area contributed by atoms with Crippen LogP contribution < -0.4 is 16.0 Å². The van der Waals surface area contributed by atoms with E-state index in [4.69, 9.17) is 5.73 Å². The molecule has 0 fully saturated rings. The number of amides is 1. The molecule has 0 bridgehead atoms. The van der Waals surface area contributed by atoms with E-state index in [-0.39, 0.29) is 12.5 Å². The molecule has 98 valence electrons. The summed E-state index contributed by atoms with van der Waals surface area (Å²) < 4.78 is 4.60. The Hall–Kier alpha value is -2.24. The Morgan fingerprint density at radius 3 is 2.61 bits per heavy atom. The Balaban J connectivity index is 2.91. The first-order valence-corrected chi connectivity index (χ1v) is 5.39. The summed E-state index contributed by atoms with van der Waals surface area (Å²) in [6.07, 6.45) is 0. The molecule has 0 atom stereocenters. The van der Waals surface area contributed by atoms with Crippen LogP contribution in [0.3, 0.4) is 0 Å². The SMILES string of the molecule is CNC(=O)CN(C)c1ccc(C(=O)OC)cc1N. The predicted octanol–water partition coefficient (Wildman–Crippen LogP) is 0.238. The summed E-state index contributed by atoms with van der Waals surface area (Å²) in [6.45, 7) is 0.193. The van der Waals surface area contributed by atoms with E-state index in [1.165, 1.54) is 13.2 Å². The summed E-state index contributed by atoms with van der Waals surface area (Å²) in [6, 6.07) is 4.82. The zero-order chi connectivity index (χ0) is 13.7. The summed E-state index contributed by atoms with van der Waals surface area (Å²) >= 11 is 0. The number of carbonyl (C=O) groups is 2. The minimum Gasteiger partial charge on any atom is -0.465 e. The lowest BCUT2D eigenvalue weighted by atomic mass is 10.1. The molecule has 1 aromatic carbocycles.